The molecule has 4 aromatic carbocycles. The molecule has 0 unspecified atom stereocenters. The number of benzene rings is 4. The highest BCUT2D eigenvalue weighted by molar-refractivity contribution is 6.06. The molecule has 0 saturated heterocycles. The maximum Gasteiger partial charge on any atom is 0.418 e. The summed E-state index contributed by atoms with van der Waals surface area (Å²) in [6, 6.07) is 19.1. The Morgan fingerprint density at radius 3 is 1.17 bits per heavy atom. The lowest BCUT2D eigenvalue weighted by Gasteiger charge is -2.18. The Kier molecular flexibility index (Phi) is 8.50. The first-order valence-corrected chi connectivity index (χ1v) is 12.0. The summed E-state index contributed by atoms with van der Waals surface area (Å²) < 4.78 is 82.7. The molecule has 0 aromatic heterocycles. The highest BCUT2D eigenvalue weighted by atomic mass is 19.4. The number of halogens is 6. The quantitative estimate of drug-likeness (QED) is 0.173. The maximum absolute atomic E-state index is 13.8. The van der Waals surface area contributed by atoms with Crippen LogP contribution in [0.2, 0.25) is 0 Å². The molecule has 0 fully saturated rings. The highest BCUT2D eigenvalue weighted by Gasteiger charge is 2.36. The van der Waals surface area contributed by atoms with Crippen molar-refractivity contribution in [3.63, 3.8) is 0 Å². The van der Waals surface area contributed by atoms with Gasteiger partial charge in [0.05, 0.1) is 22.5 Å². The number of carbonyl (C=O) groups is 3. The monoisotopic (exact) mass is 586 g/mol. The van der Waals surface area contributed by atoms with Crippen molar-refractivity contribution in [2.45, 2.75) is 12.4 Å². The van der Waals surface area contributed by atoms with Crippen LogP contribution in [0, 0.1) is 0 Å². The molecule has 4 N–H and O–H groups in total. The minimum absolute atomic E-state index is 0.193. The van der Waals surface area contributed by atoms with E-state index < -0.39 is 52.7 Å². The molecule has 0 aliphatic heterocycles. The standard InChI is InChI=1S/C29H20F6N4O3/c30-28(31,32)21-15-19(36-25(40)17-7-3-1-4-8-17)11-13-23(21)38-27(42)39-24-14-12-20(16-22(24)29(33,34)35)37-26(41)18-9-5-2-6-10-18/h1-16H,(H,36,40)(H,37,41)(H2,38,39,42). The molecule has 0 spiro atoms. The topological polar surface area (TPSA) is 99.3 Å². The van der Waals surface area contributed by atoms with Crippen LogP contribution in [-0.2, 0) is 12.4 Å². The Bertz CT molecular complexity index is 1490. The Hall–Kier alpha value is -5.33. The van der Waals surface area contributed by atoms with Crippen LogP contribution in [0.4, 0.5) is 53.9 Å². The second-order valence-corrected chi connectivity index (χ2v) is 8.74. The summed E-state index contributed by atoms with van der Waals surface area (Å²) in [5, 5.41) is 8.45. The largest absolute Gasteiger partial charge is 0.418 e. The molecule has 0 heterocycles. The van der Waals surface area contributed by atoms with Gasteiger partial charge in [-0.15, -0.1) is 0 Å². The average Bonchev–Trinajstić information content (AvgIpc) is 2.94. The number of hydrogen-bond donors (Lipinski definition) is 4. The summed E-state index contributed by atoms with van der Waals surface area (Å²) in [5.41, 5.74) is -4.30. The van der Waals surface area contributed by atoms with Gasteiger partial charge in [-0.2, -0.15) is 26.3 Å². The summed E-state index contributed by atoms with van der Waals surface area (Å²) in [4.78, 5) is 37.2. The third-order valence-corrected chi connectivity index (χ3v) is 5.73. The molecular weight excluding hydrogens is 566 g/mol. The van der Waals surface area contributed by atoms with Crippen LogP contribution >= 0.6 is 0 Å². The van der Waals surface area contributed by atoms with Gasteiger partial charge in [-0.3, -0.25) is 9.59 Å². The van der Waals surface area contributed by atoms with Crippen molar-refractivity contribution in [3.05, 3.63) is 119 Å². The van der Waals surface area contributed by atoms with Crippen LogP contribution in [0.25, 0.3) is 0 Å². The first kappa shape index (κ1) is 29.6. The second kappa shape index (κ2) is 12.0. The van der Waals surface area contributed by atoms with Crippen molar-refractivity contribution < 1.29 is 40.7 Å². The molecule has 4 amide bonds. The Morgan fingerprint density at radius 2 is 0.833 bits per heavy atom. The molecule has 0 saturated carbocycles. The van der Waals surface area contributed by atoms with Gasteiger partial charge in [-0.05, 0) is 60.7 Å². The zero-order valence-corrected chi connectivity index (χ0v) is 21.2. The van der Waals surface area contributed by atoms with Crippen LogP contribution in [0.5, 0.6) is 0 Å². The van der Waals surface area contributed by atoms with E-state index in [1.807, 2.05) is 10.6 Å². The number of urea groups is 1. The van der Waals surface area contributed by atoms with Crippen LogP contribution in [0.3, 0.4) is 0 Å². The lowest BCUT2D eigenvalue weighted by molar-refractivity contribution is -0.137. The molecule has 13 heteroatoms. The van der Waals surface area contributed by atoms with E-state index >= 15 is 0 Å². The minimum Gasteiger partial charge on any atom is -0.322 e. The molecule has 4 rings (SSSR count). The van der Waals surface area contributed by atoms with Crippen molar-refractivity contribution >= 4 is 40.6 Å². The van der Waals surface area contributed by atoms with Crippen molar-refractivity contribution in [2.75, 3.05) is 21.3 Å². The van der Waals surface area contributed by atoms with Gasteiger partial charge < -0.3 is 21.3 Å². The van der Waals surface area contributed by atoms with Crippen LogP contribution in [0.15, 0.2) is 97.1 Å². The van der Waals surface area contributed by atoms with E-state index in [-0.39, 0.29) is 22.5 Å². The van der Waals surface area contributed by atoms with Crippen molar-refractivity contribution in [1.29, 1.82) is 0 Å². The van der Waals surface area contributed by atoms with Crippen molar-refractivity contribution in [2.24, 2.45) is 0 Å². The third kappa shape index (κ3) is 7.44. The lowest BCUT2D eigenvalue weighted by Crippen LogP contribution is -2.24. The number of hydrogen-bond acceptors (Lipinski definition) is 3. The van der Waals surface area contributed by atoms with Crippen LogP contribution in [0.1, 0.15) is 31.8 Å². The summed E-state index contributed by atoms with van der Waals surface area (Å²) in [6.45, 7) is 0. The van der Waals surface area contributed by atoms with E-state index in [0.717, 1.165) is 24.3 Å². The number of rotatable bonds is 6. The fourth-order valence-electron chi connectivity index (χ4n) is 3.79. The number of carbonyl (C=O) groups excluding carboxylic acids is 3. The van der Waals surface area contributed by atoms with E-state index in [2.05, 4.69) is 10.6 Å². The SMILES string of the molecule is O=C(Nc1ccc(NC(=O)c2ccccc2)cc1C(F)(F)F)Nc1ccc(NC(=O)c2ccccc2)cc1C(F)(F)F. The van der Waals surface area contributed by atoms with Crippen molar-refractivity contribution in [3.8, 4) is 0 Å². The number of nitrogens with one attached hydrogen (secondary N) is 4. The highest BCUT2D eigenvalue weighted by Crippen LogP contribution is 2.38. The molecule has 7 nitrogen and oxygen atoms in total. The molecular formula is C29H20F6N4O3. The molecule has 0 atom stereocenters. The van der Waals surface area contributed by atoms with E-state index in [0.29, 0.717) is 12.1 Å². The fourth-order valence-corrected chi connectivity index (χ4v) is 3.79. The van der Waals surface area contributed by atoms with Gasteiger partial charge in [0.2, 0.25) is 0 Å². The number of anilines is 4. The second-order valence-electron chi connectivity index (χ2n) is 8.74. The van der Waals surface area contributed by atoms with Crippen LogP contribution in [-0.4, -0.2) is 17.8 Å². The Balaban J connectivity index is 1.53. The molecule has 42 heavy (non-hydrogen) atoms. The van der Waals surface area contributed by atoms with E-state index in [1.165, 1.54) is 24.3 Å². The first-order valence-electron chi connectivity index (χ1n) is 12.0. The minimum atomic E-state index is -4.99. The van der Waals surface area contributed by atoms with Gasteiger partial charge >= 0.3 is 18.4 Å². The maximum atomic E-state index is 13.8. The average molecular weight is 586 g/mol. The molecule has 0 aliphatic rings. The van der Waals surface area contributed by atoms with Gasteiger partial charge in [0.15, 0.2) is 0 Å². The summed E-state index contributed by atoms with van der Waals surface area (Å²) in [5.74, 6) is -1.35. The molecule has 4 aromatic rings. The van der Waals surface area contributed by atoms with E-state index in [4.69, 9.17) is 0 Å². The van der Waals surface area contributed by atoms with E-state index in [9.17, 15) is 40.7 Å². The molecule has 0 bridgehead atoms. The zero-order valence-electron chi connectivity index (χ0n) is 21.2. The third-order valence-electron chi connectivity index (χ3n) is 5.73. The predicted octanol–water partition coefficient (Wildman–Crippen LogP) is 7.87. The summed E-state index contributed by atoms with van der Waals surface area (Å²) in [6.07, 6.45) is -9.99. The van der Waals surface area contributed by atoms with Gasteiger partial charge in [0, 0.05) is 22.5 Å². The smallest absolute Gasteiger partial charge is 0.322 e. The number of amides is 4. The van der Waals surface area contributed by atoms with Gasteiger partial charge in [-0.25, -0.2) is 4.79 Å². The first-order chi connectivity index (χ1) is 19.8. The van der Waals surface area contributed by atoms with Gasteiger partial charge in [-0.1, -0.05) is 36.4 Å². The molecule has 0 radical (unpaired) electrons. The molecule has 216 valence electrons. The van der Waals surface area contributed by atoms with Gasteiger partial charge in [0.1, 0.15) is 0 Å². The normalized spacial score (nSPS) is 11.4. The van der Waals surface area contributed by atoms with E-state index in [1.54, 1.807) is 36.4 Å². The van der Waals surface area contributed by atoms with Crippen LogP contribution < -0.4 is 21.3 Å². The fraction of sp³-hybridized carbons (Fsp3) is 0.0690. The summed E-state index contributed by atoms with van der Waals surface area (Å²) >= 11 is 0. The summed E-state index contributed by atoms with van der Waals surface area (Å²) in [7, 11) is 0. The number of alkyl halides is 6. The predicted molar refractivity (Wildman–Crippen MR) is 144 cm³/mol. The van der Waals surface area contributed by atoms with Crippen molar-refractivity contribution in [1.82, 2.24) is 0 Å². The lowest BCUT2D eigenvalue weighted by atomic mass is 10.1. The molecule has 0 aliphatic carbocycles. The Labute approximate surface area is 234 Å². The van der Waals surface area contributed by atoms with Gasteiger partial charge in [0.25, 0.3) is 11.8 Å². The Morgan fingerprint density at radius 1 is 0.476 bits per heavy atom. The zero-order chi connectivity index (χ0) is 30.5.